The number of benzene rings is 2. The van der Waals surface area contributed by atoms with Gasteiger partial charge in [0.05, 0.1) is 13.2 Å². The Labute approximate surface area is 180 Å². The third-order valence-corrected chi connectivity index (χ3v) is 7.79. The molecule has 5 nitrogen and oxygen atoms in total. The average molecular weight is 410 g/mol. The van der Waals surface area contributed by atoms with Crippen molar-refractivity contribution in [1.29, 1.82) is 0 Å². The molecule has 2 heterocycles. The first-order valence-electron chi connectivity index (χ1n) is 11.5. The number of rotatable bonds is 4. The molecular weight excluding hydrogens is 374 g/mol. The number of likely N-dealkylation sites (N-methyl/N-ethyl adjacent to an activating group) is 1. The first-order valence-corrected chi connectivity index (χ1v) is 11.5. The summed E-state index contributed by atoms with van der Waals surface area (Å²) in [6.45, 7) is 7.55. The summed E-state index contributed by atoms with van der Waals surface area (Å²) in [5, 5.41) is 13.5. The zero-order chi connectivity index (χ0) is 20.7. The molecule has 0 radical (unpaired) electrons. The highest BCUT2D eigenvalue weighted by molar-refractivity contribution is 5.87. The second-order valence-electron chi connectivity index (χ2n) is 9.63. The second kappa shape index (κ2) is 8.46. The maximum atomic E-state index is 10.9. The van der Waals surface area contributed by atoms with Crippen LogP contribution in [0.3, 0.4) is 0 Å². The maximum Gasteiger partial charge on any atom is 0.123 e. The minimum absolute atomic E-state index is 0.179. The highest BCUT2D eigenvalue weighted by atomic mass is 16.5. The van der Waals surface area contributed by atoms with Crippen molar-refractivity contribution in [3.63, 3.8) is 0 Å². The highest BCUT2D eigenvalue weighted by Crippen LogP contribution is 2.40. The second-order valence-corrected chi connectivity index (χ2v) is 9.63. The van der Waals surface area contributed by atoms with E-state index in [2.05, 4.69) is 58.1 Å². The summed E-state index contributed by atoms with van der Waals surface area (Å²) in [4.78, 5) is 7.54. The standard InChI is InChI=1S/C25H35N3O2/c1-26-9-11-28(12-10-26)23-13-19-15-27(16-20(19)14-24(23)29)17-22-21-6-4-3-5-18(21)7-8-25(22)30-2/h3-8,19-20,23-24,29H,9-17H2,1-2H3/t19-,20+,23-,24-/m1/s1. The predicted molar refractivity (Wildman–Crippen MR) is 121 cm³/mol. The van der Waals surface area contributed by atoms with Gasteiger partial charge in [-0.2, -0.15) is 0 Å². The topological polar surface area (TPSA) is 39.2 Å². The van der Waals surface area contributed by atoms with E-state index in [1.165, 1.54) is 16.3 Å². The predicted octanol–water partition coefficient (Wildman–Crippen LogP) is 2.67. The van der Waals surface area contributed by atoms with Crippen LogP contribution in [0.15, 0.2) is 36.4 Å². The van der Waals surface area contributed by atoms with E-state index in [0.717, 1.165) is 64.4 Å². The van der Waals surface area contributed by atoms with Crippen molar-refractivity contribution in [1.82, 2.24) is 14.7 Å². The van der Waals surface area contributed by atoms with Crippen LogP contribution in [0.2, 0.25) is 0 Å². The zero-order valence-electron chi connectivity index (χ0n) is 18.3. The van der Waals surface area contributed by atoms with Gasteiger partial charge in [-0.3, -0.25) is 9.80 Å². The summed E-state index contributed by atoms with van der Waals surface area (Å²) in [5.74, 6) is 2.29. The van der Waals surface area contributed by atoms with Gasteiger partial charge in [-0.1, -0.05) is 30.3 Å². The normalized spacial score (nSPS) is 31.2. The molecule has 162 valence electrons. The van der Waals surface area contributed by atoms with E-state index in [0.29, 0.717) is 17.9 Å². The minimum atomic E-state index is -0.179. The summed E-state index contributed by atoms with van der Waals surface area (Å²) in [5.41, 5.74) is 1.30. The lowest BCUT2D eigenvalue weighted by atomic mass is 9.77. The summed E-state index contributed by atoms with van der Waals surface area (Å²) in [7, 11) is 3.97. The number of likely N-dealkylation sites (tertiary alicyclic amines) is 1. The fourth-order valence-electron chi connectivity index (χ4n) is 6.07. The van der Waals surface area contributed by atoms with E-state index in [4.69, 9.17) is 4.74 Å². The van der Waals surface area contributed by atoms with Gasteiger partial charge in [-0.25, -0.2) is 0 Å². The number of fused-ring (bicyclic) bond motifs is 2. The molecular formula is C25H35N3O2. The molecule has 2 saturated heterocycles. The summed E-state index contributed by atoms with van der Waals surface area (Å²) < 4.78 is 5.73. The van der Waals surface area contributed by atoms with E-state index >= 15 is 0 Å². The van der Waals surface area contributed by atoms with Crippen LogP contribution in [0.1, 0.15) is 18.4 Å². The molecule has 5 rings (SSSR count). The smallest absolute Gasteiger partial charge is 0.123 e. The molecule has 2 aromatic carbocycles. The lowest BCUT2D eigenvalue weighted by Gasteiger charge is -2.44. The fourth-order valence-corrected chi connectivity index (χ4v) is 6.07. The van der Waals surface area contributed by atoms with E-state index in [9.17, 15) is 5.11 Å². The van der Waals surface area contributed by atoms with Gasteiger partial charge in [-0.15, -0.1) is 0 Å². The van der Waals surface area contributed by atoms with Gasteiger partial charge in [-0.05, 0) is 48.6 Å². The summed E-state index contributed by atoms with van der Waals surface area (Å²) >= 11 is 0. The van der Waals surface area contributed by atoms with Crippen molar-refractivity contribution in [2.24, 2.45) is 11.8 Å². The van der Waals surface area contributed by atoms with Crippen molar-refractivity contribution >= 4 is 10.8 Å². The third-order valence-electron chi connectivity index (χ3n) is 7.79. The third kappa shape index (κ3) is 3.84. The minimum Gasteiger partial charge on any atom is -0.496 e. The lowest BCUT2D eigenvalue weighted by molar-refractivity contribution is -0.0249. The van der Waals surface area contributed by atoms with Crippen molar-refractivity contribution in [2.45, 2.75) is 31.5 Å². The molecule has 1 saturated carbocycles. The molecule has 30 heavy (non-hydrogen) atoms. The van der Waals surface area contributed by atoms with Gasteiger partial charge < -0.3 is 14.7 Å². The van der Waals surface area contributed by atoms with Crippen molar-refractivity contribution in [3.8, 4) is 5.75 Å². The SMILES string of the molecule is COc1ccc2ccccc2c1CN1C[C@H]2C[C@@H](N3CCN(C)CC3)[C@H](O)C[C@H]2C1. The number of aliphatic hydroxyl groups excluding tert-OH is 1. The monoisotopic (exact) mass is 409 g/mol. The van der Waals surface area contributed by atoms with Crippen LogP contribution in [0.5, 0.6) is 5.75 Å². The number of ether oxygens (including phenoxy) is 1. The number of hydrogen-bond donors (Lipinski definition) is 1. The first kappa shape index (κ1) is 20.3. The number of hydrogen-bond acceptors (Lipinski definition) is 5. The van der Waals surface area contributed by atoms with Gasteiger partial charge in [0.2, 0.25) is 0 Å². The van der Waals surface area contributed by atoms with Gasteiger partial charge in [0, 0.05) is 57.4 Å². The molecule has 0 amide bonds. The Hall–Kier alpha value is -1.66. The zero-order valence-corrected chi connectivity index (χ0v) is 18.3. The average Bonchev–Trinajstić information content (AvgIpc) is 3.15. The molecule has 3 fully saturated rings. The van der Waals surface area contributed by atoms with Crippen LogP contribution in [-0.2, 0) is 6.54 Å². The molecule has 2 aromatic rings. The first-order chi connectivity index (χ1) is 14.6. The van der Waals surface area contributed by atoms with Crippen LogP contribution < -0.4 is 4.74 Å². The van der Waals surface area contributed by atoms with Crippen LogP contribution in [0.4, 0.5) is 0 Å². The number of piperazine rings is 1. The van der Waals surface area contributed by atoms with E-state index < -0.39 is 0 Å². The molecule has 1 aliphatic carbocycles. The Morgan fingerprint density at radius 1 is 0.967 bits per heavy atom. The fraction of sp³-hybridized carbons (Fsp3) is 0.600. The molecule has 2 aliphatic heterocycles. The number of nitrogens with zero attached hydrogens (tertiary/aromatic N) is 3. The van der Waals surface area contributed by atoms with E-state index in [1.54, 1.807) is 7.11 Å². The van der Waals surface area contributed by atoms with Gasteiger partial charge >= 0.3 is 0 Å². The van der Waals surface area contributed by atoms with Gasteiger partial charge in [0.1, 0.15) is 5.75 Å². The van der Waals surface area contributed by atoms with Crippen molar-refractivity contribution in [3.05, 3.63) is 42.0 Å². The van der Waals surface area contributed by atoms with Crippen molar-refractivity contribution in [2.75, 3.05) is 53.4 Å². The molecule has 0 bridgehead atoms. The lowest BCUT2D eigenvalue weighted by Crippen LogP contribution is -2.55. The maximum absolute atomic E-state index is 10.9. The molecule has 0 spiro atoms. The van der Waals surface area contributed by atoms with E-state index in [1.807, 2.05) is 0 Å². The number of methoxy groups -OCH3 is 1. The molecule has 0 unspecified atom stereocenters. The van der Waals surface area contributed by atoms with Gasteiger partial charge in [0.15, 0.2) is 0 Å². The van der Waals surface area contributed by atoms with Crippen LogP contribution in [0, 0.1) is 11.8 Å². The summed E-state index contributed by atoms with van der Waals surface area (Å²) in [6, 6.07) is 13.2. The van der Waals surface area contributed by atoms with Crippen molar-refractivity contribution < 1.29 is 9.84 Å². The van der Waals surface area contributed by atoms with Crippen LogP contribution in [0.25, 0.3) is 10.8 Å². The molecule has 0 aromatic heterocycles. The Bertz CT molecular complexity index is 880. The number of aliphatic hydroxyl groups is 1. The van der Waals surface area contributed by atoms with Crippen LogP contribution in [-0.4, -0.2) is 85.4 Å². The Kier molecular flexibility index (Phi) is 5.71. The molecule has 5 heteroatoms. The Morgan fingerprint density at radius 2 is 1.70 bits per heavy atom. The van der Waals surface area contributed by atoms with Gasteiger partial charge in [0.25, 0.3) is 0 Å². The molecule has 1 N–H and O–H groups in total. The molecule has 4 atom stereocenters. The quantitative estimate of drug-likeness (QED) is 0.841. The largest absolute Gasteiger partial charge is 0.496 e. The van der Waals surface area contributed by atoms with Crippen LogP contribution >= 0.6 is 0 Å². The van der Waals surface area contributed by atoms with E-state index in [-0.39, 0.29) is 6.10 Å². The summed E-state index contributed by atoms with van der Waals surface area (Å²) in [6.07, 6.45) is 1.91. The Balaban J connectivity index is 1.30. The Morgan fingerprint density at radius 3 is 2.47 bits per heavy atom. The molecule has 3 aliphatic rings. The highest BCUT2D eigenvalue weighted by Gasteiger charge is 2.43.